The molecule has 0 saturated carbocycles. The van der Waals surface area contributed by atoms with Crippen molar-refractivity contribution in [3.63, 3.8) is 0 Å². The van der Waals surface area contributed by atoms with Crippen LogP contribution in [0.25, 0.3) is 10.9 Å². The van der Waals surface area contributed by atoms with Gasteiger partial charge in [-0.3, -0.25) is 15.4 Å². The van der Waals surface area contributed by atoms with Gasteiger partial charge in [0.2, 0.25) is 0 Å². The number of pyridine rings is 2. The van der Waals surface area contributed by atoms with E-state index < -0.39 is 0 Å². The maximum Gasteiger partial charge on any atom is 0.0723 e. The van der Waals surface area contributed by atoms with Crippen LogP contribution in [0.2, 0.25) is 0 Å². The number of aromatic nitrogens is 2. The average molecular weight is 248 g/mol. The van der Waals surface area contributed by atoms with Crippen LogP contribution in [-0.2, 0) is 0 Å². The molecule has 0 amide bonds. The summed E-state index contributed by atoms with van der Waals surface area (Å²) in [6.45, 7) is 0. The molecule has 0 saturated heterocycles. The second kappa shape index (κ2) is 5.27. The number of hydrogen-bond acceptors (Lipinski definition) is 4. The van der Waals surface area contributed by atoms with Crippen molar-refractivity contribution in [2.45, 2.75) is 0 Å². The molecular formula is C15H12N4. The molecule has 19 heavy (non-hydrogen) atoms. The Hall–Kier alpha value is -2.75. The molecule has 2 aromatic heterocycles. The van der Waals surface area contributed by atoms with Crippen LogP contribution in [0.15, 0.2) is 66.2 Å². The van der Waals surface area contributed by atoms with Gasteiger partial charge in [-0.15, -0.1) is 0 Å². The van der Waals surface area contributed by atoms with Crippen molar-refractivity contribution in [1.29, 1.82) is 0 Å². The predicted octanol–water partition coefficient (Wildman–Crippen LogP) is 3.08. The Balaban J connectivity index is 1.84. The minimum Gasteiger partial charge on any atom is -0.278 e. The number of benzene rings is 1. The number of nitrogens with zero attached hydrogens (tertiary/aromatic N) is 3. The zero-order chi connectivity index (χ0) is 12.9. The molecule has 3 rings (SSSR count). The molecule has 0 radical (unpaired) electrons. The summed E-state index contributed by atoms with van der Waals surface area (Å²) in [4.78, 5) is 8.27. The van der Waals surface area contributed by atoms with E-state index in [2.05, 4.69) is 20.5 Å². The number of para-hydroxylation sites is 1. The molecule has 92 valence electrons. The number of rotatable bonds is 3. The van der Waals surface area contributed by atoms with Crippen molar-refractivity contribution in [2.75, 3.05) is 5.43 Å². The maximum atomic E-state index is 4.31. The summed E-state index contributed by atoms with van der Waals surface area (Å²) in [7, 11) is 0. The van der Waals surface area contributed by atoms with Crippen LogP contribution < -0.4 is 5.43 Å². The van der Waals surface area contributed by atoms with Crippen molar-refractivity contribution in [1.82, 2.24) is 9.97 Å². The fraction of sp³-hybridized carbons (Fsp3) is 0. The van der Waals surface area contributed by atoms with Crippen LogP contribution in [0.4, 0.5) is 5.69 Å². The number of nitrogens with one attached hydrogen (secondary N) is 1. The van der Waals surface area contributed by atoms with E-state index in [4.69, 9.17) is 0 Å². The lowest BCUT2D eigenvalue weighted by atomic mass is 10.2. The predicted molar refractivity (Wildman–Crippen MR) is 77.2 cm³/mol. The molecule has 0 aliphatic carbocycles. The first-order valence-corrected chi connectivity index (χ1v) is 5.96. The smallest absolute Gasteiger partial charge is 0.0723 e. The van der Waals surface area contributed by atoms with Gasteiger partial charge in [-0.1, -0.05) is 18.2 Å². The molecule has 0 aliphatic heterocycles. The van der Waals surface area contributed by atoms with Crippen LogP contribution in [0.1, 0.15) is 5.56 Å². The fourth-order valence-electron chi connectivity index (χ4n) is 1.82. The van der Waals surface area contributed by atoms with E-state index in [1.165, 1.54) is 0 Å². The van der Waals surface area contributed by atoms with E-state index >= 15 is 0 Å². The maximum absolute atomic E-state index is 4.31. The Morgan fingerprint density at radius 1 is 0.947 bits per heavy atom. The van der Waals surface area contributed by atoms with Crippen molar-refractivity contribution >= 4 is 22.8 Å². The molecule has 4 heteroatoms. The molecule has 0 aliphatic rings. The van der Waals surface area contributed by atoms with Gasteiger partial charge in [0.05, 0.1) is 17.4 Å². The summed E-state index contributed by atoms with van der Waals surface area (Å²) in [5, 5.41) is 5.28. The first-order valence-electron chi connectivity index (χ1n) is 5.96. The lowest BCUT2D eigenvalue weighted by Gasteiger charge is -2.04. The Labute approximate surface area is 110 Å². The van der Waals surface area contributed by atoms with Gasteiger partial charge in [0.25, 0.3) is 0 Å². The Morgan fingerprint density at radius 2 is 1.79 bits per heavy atom. The molecule has 0 atom stereocenters. The highest BCUT2D eigenvalue weighted by atomic mass is 15.3. The summed E-state index contributed by atoms with van der Waals surface area (Å²) in [5.74, 6) is 0. The average Bonchev–Trinajstić information content (AvgIpc) is 2.49. The molecule has 4 nitrogen and oxygen atoms in total. The van der Waals surface area contributed by atoms with Crippen molar-refractivity contribution < 1.29 is 0 Å². The summed E-state index contributed by atoms with van der Waals surface area (Å²) >= 11 is 0. The SMILES string of the molecule is C(=NNc1ccnc2ccccc12)c1ccncc1. The van der Waals surface area contributed by atoms with Gasteiger partial charge in [0.1, 0.15) is 0 Å². The zero-order valence-corrected chi connectivity index (χ0v) is 10.2. The lowest BCUT2D eigenvalue weighted by Crippen LogP contribution is -1.92. The number of hydrazone groups is 1. The monoisotopic (exact) mass is 248 g/mol. The minimum absolute atomic E-state index is 0.941. The molecule has 0 bridgehead atoms. The first-order chi connectivity index (χ1) is 9.43. The Bertz CT molecular complexity index is 702. The normalized spacial score (nSPS) is 10.9. The highest BCUT2D eigenvalue weighted by Gasteiger charge is 1.98. The third-order valence-electron chi connectivity index (χ3n) is 2.75. The number of hydrogen-bond donors (Lipinski definition) is 1. The molecule has 1 aromatic carbocycles. The highest BCUT2D eigenvalue weighted by molar-refractivity contribution is 5.91. The summed E-state index contributed by atoms with van der Waals surface area (Å²) in [6, 6.07) is 13.7. The van der Waals surface area contributed by atoms with Gasteiger partial charge in [-0.2, -0.15) is 5.10 Å². The van der Waals surface area contributed by atoms with E-state index in [1.54, 1.807) is 24.8 Å². The molecule has 0 fully saturated rings. The van der Waals surface area contributed by atoms with Crippen LogP contribution in [0.5, 0.6) is 0 Å². The van der Waals surface area contributed by atoms with Crippen LogP contribution in [0, 0.1) is 0 Å². The lowest BCUT2D eigenvalue weighted by molar-refractivity contribution is 1.31. The van der Waals surface area contributed by atoms with E-state index in [0.717, 1.165) is 22.2 Å². The zero-order valence-electron chi connectivity index (χ0n) is 10.2. The Kier molecular flexibility index (Phi) is 3.14. The van der Waals surface area contributed by atoms with Gasteiger partial charge in [-0.25, -0.2) is 0 Å². The third kappa shape index (κ3) is 2.57. The van der Waals surface area contributed by atoms with Crippen LogP contribution >= 0.6 is 0 Å². The van der Waals surface area contributed by atoms with Gasteiger partial charge >= 0.3 is 0 Å². The quantitative estimate of drug-likeness (QED) is 0.572. The van der Waals surface area contributed by atoms with Gasteiger partial charge in [-0.05, 0) is 29.8 Å². The third-order valence-corrected chi connectivity index (χ3v) is 2.75. The van der Waals surface area contributed by atoms with Crippen molar-refractivity contribution in [3.05, 3.63) is 66.6 Å². The van der Waals surface area contributed by atoms with Gasteiger partial charge < -0.3 is 0 Å². The summed E-state index contributed by atoms with van der Waals surface area (Å²) in [6.07, 6.45) is 7.01. The number of anilines is 1. The molecule has 3 aromatic rings. The molecular weight excluding hydrogens is 236 g/mol. The van der Waals surface area contributed by atoms with Crippen molar-refractivity contribution in [2.24, 2.45) is 5.10 Å². The van der Waals surface area contributed by atoms with Crippen LogP contribution in [-0.4, -0.2) is 16.2 Å². The minimum atomic E-state index is 0.941. The summed E-state index contributed by atoms with van der Waals surface area (Å²) in [5.41, 5.74) is 5.94. The Morgan fingerprint density at radius 3 is 2.68 bits per heavy atom. The fourth-order valence-corrected chi connectivity index (χ4v) is 1.82. The molecule has 0 unspecified atom stereocenters. The topological polar surface area (TPSA) is 50.2 Å². The highest BCUT2D eigenvalue weighted by Crippen LogP contribution is 2.20. The largest absolute Gasteiger partial charge is 0.278 e. The molecule has 2 heterocycles. The van der Waals surface area contributed by atoms with E-state index in [0.29, 0.717) is 0 Å². The molecule has 0 spiro atoms. The standard InChI is InChI=1S/C15H12N4/c1-2-4-14-13(3-1)15(7-10-17-14)19-18-11-12-5-8-16-9-6-12/h1-11H,(H,17,19). The van der Waals surface area contributed by atoms with E-state index in [9.17, 15) is 0 Å². The summed E-state index contributed by atoms with van der Waals surface area (Å²) < 4.78 is 0. The van der Waals surface area contributed by atoms with Crippen LogP contribution in [0.3, 0.4) is 0 Å². The first kappa shape index (κ1) is 11.3. The van der Waals surface area contributed by atoms with E-state index in [-0.39, 0.29) is 0 Å². The molecule has 1 N–H and O–H groups in total. The van der Waals surface area contributed by atoms with Gasteiger partial charge in [0, 0.05) is 24.0 Å². The van der Waals surface area contributed by atoms with E-state index in [1.807, 2.05) is 42.5 Å². The van der Waals surface area contributed by atoms with Gasteiger partial charge in [0.15, 0.2) is 0 Å². The second-order valence-electron chi connectivity index (χ2n) is 4.03. The second-order valence-corrected chi connectivity index (χ2v) is 4.03. The van der Waals surface area contributed by atoms with Crippen molar-refractivity contribution in [3.8, 4) is 0 Å². The number of fused-ring (bicyclic) bond motifs is 1.